The van der Waals surface area contributed by atoms with E-state index in [9.17, 15) is 14.4 Å². The summed E-state index contributed by atoms with van der Waals surface area (Å²) in [5.41, 5.74) is 0.982. The van der Waals surface area contributed by atoms with Crippen molar-refractivity contribution in [1.29, 1.82) is 0 Å². The highest BCUT2D eigenvalue weighted by Crippen LogP contribution is 2.48. The highest BCUT2D eigenvalue weighted by molar-refractivity contribution is 6.04. The van der Waals surface area contributed by atoms with Crippen LogP contribution in [0.4, 0.5) is 0 Å². The lowest BCUT2D eigenvalue weighted by atomic mass is 9.74. The molecule has 2 aliphatic rings. The Bertz CT molecular complexity index is 1370. The molecule has 152 valence electrons. The van der Waals surface area contributed by atoms with Crippen LogP contribution in [-0.4, -0.2) is 22.3 Å². The number of carbonyl (C=O) groups is 1. The topological polar surface area (TPSA) is 70.3 Å². The molecule has 1 atom stereocenters. The van der Waals surface area contributed by atoms with Gasteiger partial charge in [-0.15, -0.1) is 0 Å². The third-order valence-electron chi connectivity index (χ3n) is 6.11. The second-order valence-electron chi connectivity index (χ2n) is 8.76. The van der Waals surface area contributed by atoms with Gasteiger partial charge in [0.05, 0.1) is 23.6 Å². The summed E-state index contributed by atoms with van der Waals surface area (Å²) < 4.78 is 8.44. The summed E-state index contributed by atoms with van der Waals surface area (Å²) in [6.45, 7) is 4.03. The maximum absolute atomic E-state index is 13.6. The first-order valence-electron chi connectivity index (χ1n) is 10.0. The average Bonchev–Trinajstić information content (AvgIpc) is 3.06. The van der Waals surface area contributed by atoms with Crippen LogP contribution in [0.25, 0.3) is 16.5 Å². The number of rotatable bonds is 2. The number of fused-ring (bicyclic) bond motifs is 3. The molecule has 6 nitrogen and oxygen atoms in total. The number of Topliss-reactive ketones (excluding diaryl/α,β-unsaturated/α-hetero) is 1. The average molecular weight is 402 g/mol. The van der Waals surface area contributed by atoms with Crippen molar-refractivity contribution in [2.45, 2.75) is 32.7 Å². The van der Waals surface area contributed by atoms with Gasteiger partial charge in [0, 0.05) is 17.6 Å². The molecule has 0 spiro atoms. The Morgan fingerprint density at radius 2 is 1.53 bits per heavy atom. The van der Waals surface area contributed by atoms with E-state index in [0.717, 1.165) is 0 Å². The summed E-state index contributed by atoms with van der Waals surface area (Å²) in [6.07, 6.45) is 0.909. The van der Waals surface area contributed by atoms with Crippen LogP contribution in [0.3, 0.4) is 0 Å². The van der Waals surface area contributed by atoms with Crippen molar-refractivity contribution in [2.24, 2.45) is 5.41 Å². The molecule has 1 aliphatic carbocycles. The summed E-state index contributed by atoms with van der Waals surface area (Å²) in [5, 5.41) is 0.715. The number of benzene rings is 2. The molecule has 0 radical (unpaired) electrons. The SMILES string of the molecule is COc1ccccc1C1C2=C(CC(C)(C)CC2=O)n2c(=O)c3ccccc3c(=O)n21. The van der Waals surface area contributed by atoms with Gasteiger partial charge in [-0.3, -0.25) is 14.4 Å². The molecule has 3 aromatic rings. The van der Waals surface area contributed by atoms with Crippen LogP contribution in [-0.2, 0) is 4.79 Å². The third-order valence-corrected chi connectivity index (χ3v) is 6.11. The minimum atomic E-state index is -0.690. The van der Waals surface area contributed by atoms with Gasteiger partial charge < -0.3 is 4.74 Å². The molecular formula is C24H22N2O4. The molecule has 1 unspecified atom stereocenters. The van der Waals surface area contributed by atoms with Crippen molar-refractivity contribution in [2.75, 3.05) is 7.11 Å². The zero-order valence-corrected chi connectivity index (χ0v) is 17.1. The first kappa shape index (κ1) is 18.6. The van der Waals surface area contributed by atoms with Crippen LogP contribution in [0.1, 0.15) is 38.3 Å². The Balaban J connectivity index is 1.94. The van der Waals surface area contributed by atoms with E-state index in [0.29, 0.717) is 46.2 Å². The summed E-state index contributed by atoms with van der Waals surface area (Å²) in [7, 11) is 1.56. The lowest BCUT2D eigenvalue weighted by Crippen LogP contribution is -2.37. The number of hydrogen-bond donors (Lipinski definition) is 0. The molecule has 0 N–H and O–H groups in total. The monoisotopic (exact) mass is 402 g/mol. The van der Waals surface area contributed by atoms with Crippen LogP contribution in [0, 0.1) is 5.41 Å². The maximum Gasteiger partial charge on any atom is 0.277 e. The molecule has 0 fully saturated rings. The number of methoxy groups -OCH3 is 1. The molecule has 2 heterocycles. The predicted molar refractivity (Wildman–Crippen MR) is 115 cm³/mol. The van der Waals surface area contributed by atoms with Crippen molar-refractivity contribution in [3.63, 3.8) is 0 Å². The van der Waals surface area contributed by atoms with Crippen molar-refractivity contribution in [3.05, 3.63) is 80.4 Å². The maximum atomic E-state index is 13.6. The van der Waals surface area contributed by atoms with Gasteiger partial charge in [0.2, 0.25) is 0 Å². The number of ketones is 1. The Hall–Kier alpha value is -3.41. The molecule has 6 heteroatoms. The fourth-order valence-electron chi connectivity index (χ4n) is 4.87. The summed E-state index contributed by atoms with van der Waals surface area (Å²) in [4.78, 5) is 40.4. The molecular weight excluding hydrogens is 380 g/mol. The zero-order valence-electron chi connectivity index (χ0n) is 17.1. The van der Waals surface area contributed by atoms with Gasteiger partial charge in [-0.1, -0.05) is 44.2 Å². The lowest BCUT2D eigenvalue weighted by molar-refractivity contribution is -0.118. The van der Waals surface area contributed by atoms with Gasteiger partial charge in [0.25, 0.3) is 11.1 Å². The Morgan fingerprint density at radius 1 is 0.900 bits per heavy atom. The van der Waals surface area contributed by atoms with E-state index in [2.05, 4.69) is 0 Å². The molecule has 1 aromatic heterocycles. The molecule has 1 aliphatic heterocycles. The van der Waals surface area contributed by atoms with Gasteiger partial charge in [-0.2, -0.15) is 0 Å². The first-order valence-corrected chi connectivity index (χ1v) is 10.0. The number of carbonyl (C=O) groups excluding carboxylic acids is 1. The van der Waals surface area contributed by atoms with E-state index in [-0.39, 0.29) is 22.3 Å². The number of ether oxygens (including phenoxy) is 1. The number of aromatic nitrogens is 2. The summed E-state index contributed by atoms with van der Waals surface area (Å²) >= 11 is 0. The van der Waals surface area contributed by atoms with E-state index < -0.39 is 6.04 Å². The minimum Gasteiger partial charge on any atom is -0.496 e. The normalized spacial score (nSPS) is 19.7. The fraction of sp³-hybridized carbons (Fsp3) is 0.292. The quantitative estimate of drug-likeness (QED) is 0.659. The molecule has 0 amide bonds. The van der Waals surface area contributed by atoms with Crippen LogP contribution in [0.2, 0.25) is 0 Å². The molecule has 0 saturated heterocycles. The summed E-state index contributed by atoms with van der Waals surface area (Å²) in [5.74, 6) is 0.546. The number of allylic oxidation sites excluding steroid dienone is 2. The van der Waals surface area contributed by atoms with Crippen molar-refractivity contribution >= 4 is 22.3 Å². The second kappa shape index (κ2) is 6.29. The van der Waals surface area contributed by atoms with Crippen molar-refractivity contribution in [1.82, 2.24) is 9.36 Å². The van der Waals surface area contributed by atoms with Gasteiger partial charge in [-0.25, -0.2) is 9.36 Å². The highest BCUT2D eigenvalue weighted by atomic mass is 16.5. The van der Waals surface area contributed by atoms with Crippen molar-refractivity contribution < 1.29 is 9.53 Å². The van der Waals surface area contributed by atoms with Gasteiger partial charge in [0.1, 0.15) is 11.8 Å². The highest BCUT2D eigenvalue weighted by Gasteiger charge is 2.45. The molecule has 5 rings (SSSR count). The van der Waals surface area contributed by atoms with E-state index in [1.807, 2.05) is 32.0 Å². The lowest BCUT2D eigenvalue weighted by Gasteiger charge is -2.30. The summed E-state index contributed by atoms with van der Waals surface area (Å²) in [6, 6.07) is 13.5. The van der Waals surface area contributed by atoms with Crippen LogP contribution < -0.4 is 15.9 Å². The predicted octanol–water partition coefficient (Wildman–Crippen LogP) is 3.38. The zero-order chi connectivity index (χ0) is 21.2. The number of hydrogen-bond acceptors (Lipinski definition) is 4. The largest absolute Gasteiger partial charge is 0.496 e. The Labute approximate surface area is 173 Å². The van der Waals surface area contributed by atoms with Gasteiger partial charge in [0.15, 0.2) is 5.78 Å². The van der Waals surface area contributed by atoms with E-state index in [4.69, 9.17) is 4.74 Å². The molecule has 0 bridgehead atoms. The minimum absolute atomic E-state index is 0.0313. The fourth-order valence-corrected chi connectivity index (χ4v) is 4.87. The first-order chi connectivity index (χ1) is 14.3. The number of nitrogens with zero attached hydrogens (tertiary/aromatic N) is 2. The van der Waals surface area contributed by atoms with Crippen LogP contribution >= 0.6 is 0 Å². The van der Waals surface area contributed by atoms with Crippen LogP contribution in [0.15, 0.2) is 63.7 Å². The van der Waals surface area contributed by atoms with Gasteiger partial charge >= 0.3 is 0 Å². The van der Waals surface area contributed by atoms with Crippen LogP contribution in [0.5, 0.6) is 5.75 Å². The standard InChI is InChI=1S/C24H22N2O4/c1-24(2)12-17-20(18(27)13-24)21(16-10-6-7-11-19(16)30-3)26-23(29)15-9-5-4-8-14(15)22(28)25(17)26/h4-11,21H,12-13H2,1-3H3. The molecule has 0 saturated carbocycles. The van der Waals surface area contributed by atoms with Crippen molar-refractivity contribution in [3.8, 4) is 5.75 Å². The van der Waals surface area contributed by atoms with E-state index in [1.165, 1.54) is 9.36 Å². The molecule has 2 aromatic carbocycles. The van der Waals surface area contributed by atoms with E-state index >= 15 is 0 Å². The van der Waals surface area contributed by atoms with E-state index in [1.54, 1.807) is 37.4 Å². The number of para-hydroxylation sites is 1. The second-order valence-corrected chi connectivity index (χ2v) is 8.76. The smallest absolute Gasteiger partial charge is 0.277 e. The Morgan fingerprint density at radius 3 is 2.23 bits per heavy atom. The van der Waals surface area contributed by atoms with Gasteiger partial charge in [-0.05, 0) is 30.0 Å². The Kier molecular flexibility index (Phi) is 3.90. The third kappa shape index (κ3) is 2.46. The molecule has 30 heavy (non-hydrogen) atoms.